The third-order valence-electron chi connectivity index (χ3n) is 4.95. The Morgan fingerprint density at radius 2 is 2.00 bits per heavy atom. The fourth-order valence-electron chi connectivity index (χ4n) is 3.36. The highest BCUT2D eigenvalue weighted by Crippen LogP contribution is 2.29. The number of hydrogen-bond donors (Lipinski definition) is 1. The Morgan fingerprint density at radius 3 is 2.70 bits per heavy atom. The number of benzene rings is 2. The summed E-state index contributed by atoms with van der Waals surface area (Å²) in [6.45, 7) is 3.95. The lowest BCUT2D eigenvalue weighted by molar-refractivity contribution is -0.142. The number of carbonyl (C=O) groups excluding carboxylic acids is 2. The molecule has 5 nitrogen and oxygen atoms in total. The van der Waals surface area contributed by atoms with E-state index in [2.05, 4.69) is 5.32 Å². The maximum Gasteiger partial charge on any atom is 0.310 e. The molecule has 1 aliphatic rings. The van der Waals surface area contributed by atoms with Crippen molar-refractivity contribution in [3.63, 3.8) is 0 Å². The third kappa shape index (κ3) is 6.42. The summed E-state index contributed by atoms with van der Waals surface area (Å²) in [5, 5.41) is 2.31. The maximum absolute atomic E-state index is 15.0. The summed E-state index contributed by atoms with van der Waals surface area (Å²) in [6, 6.07) is 9.19. The van der Waals surface area contributed by atoms with Crippen LogP contribution in [0.5, 0.6) is 5.75 Å². The molecule has 0 aliphatic heterocycles. The molecule has 0 saturated carbocycles. The third-order valence-corrected chi connectivity index (χ3v) is 5.26. The Labute approximate surface area is 196 Å². The summed E-state index contributed by atoms with van der Waals surface area (Å²) >= 11 is 6.07. The van der Waals surface area contributed by atoms with Gasteiger partial charge in [-0.3, -0.25) is 9.59 Å². The van der Waals surface area contributed by atoms with Crippen LogP contribution in [0.3, 0.4) is 0 Å². The van der Waals surface area contributed by atoms with Gasteiger partial charge in [-0.2, -0.15) is 0 Å². The molecule has 0 saturated heterocycles. The van der Waals surface area contributed by atoms with Gasteiger partial charge in [-0.05, 0) is 43.2 Å². The average molecular weight is 476 g/mol. The molecule has 0 aromatic heterocycles. The molecule has 8 heteroatoms. The van der Waals surface area contributed by atoms with Crippen molar-refractivity contribution >= 4 is 23.5 Å². The Hall–Kier alpha value is -3.19. The molecule has 0 fully saturated rings. The number of rotatable bonds is 8. The van der Waals surface area contributed by atoms with E-state index in [1.807, 2.05) is 31.2 Å². The van der Waals surface area contributed by atoms with E-state index in [0.717, 1.165) is 11.1 Å². The van der Waals surface area contributed by atoms with Crippen molar-refractivity contribution < 1.29 is 27.8 Å². The van der Waals surface area contributed by atoms with Gasteiger partial charge in [0, 0.05) is 0 Å². The van der Waals surface area contributed by atoms with Crippen molar-refractivity contribution in [2.75, 3.05) is 6.61 Å². The first kappa shape index (κ1) is 24.5. The Balaban J connectivity index is 1.68. The zero-order valence-corrected chi connectivity index (χ0v) is 19.0. The smallest absolute Gasteiger partial charge is 0.310 e. The fourth-order valence-corrected chi connectivity index (χ4v) is 3.59. The molecule has 33 heavy (non-hydrogen) atoms. The number of alkyl halides is 1. The largest absolute Gasteiger partial charge is 0.486 e. The van der Waals surface area contributed by atoms with Crippen LogP contribution in [0.25, 0.3) is 0 Å². The quantitative estimate of drug-likeness (QED) is 0.529. The van der Waals surface area contributed by atoms with Crippen molar-refractivity contribution in [1.29, 1.82) is 0 Å². The van der Waals surface area contributed by atoms with Gasteiger partial charge in [0.25, 0.3) is 5.91 Å². The number of halogens is 3. The molecule has 0 heterocycles. The summed E-state index contributed by atoms with van der Waals surface area (Å²) in [5.74, 6) is -2.42. The average Bonchev–Trinajstić information content (AvgIpc) is 2.75. The molecule has 2 unspecified atom stereocenters. The Kier molecular flexibility index (Phi) is 8.22. The molecule has 174 valence electrons. The van der Waals surface area contributed by atoms with Gasteiger partial charge in [-0.1, -0.05) is 53.6 Å². The van der Waals surface area contributed by atoms with Crippen LogP contribution in [0, 0.1) is 12.7 Å². The molecule has 1 N–H and O–H groups in total. The van der Waals surface area contributed by atoms with E-state index in [1.165, 1.54) is 30.4 Å². The van der Waals surface area contributed by atoms with E-state index in [4.69, 9.17) is 21.1 Å². The lowest BCUT2D eigenvalue weighted by Crippen LogP contribution is -2.41. The summed E-state index contributed by atoms with van der Waals surface area (Å²) in [6.07, 6.45) is 2.47. The van der Waals surface area contributed by atoms with Crippen LogP contribution < -0.4 is 10.1 Å². The molecule has 0 spiro atoms. The molecule has 2 atom stereocenters. The Bertz CT molecular complexity index is 1100. The van der Waals surface area contributed by atoms with Gasteiger partial charge in [-0.25, -0.2) is 8.78 Å². The van der Waals surface area contributed by atoms with Crippen molar-refractivity contribution in [3.05, 3.63) is 87.7 Å². The van der Waals surface area contributed by atoms with Gasteiger partial charge in [0.05, 0.1) is 29.7 Å². The number of carbonyl (C=O) groups is 2. The van der Waals surface area contributed by atoms with Crippen LogP contribution in [-0.4, -0.2) is 30.7 Å². The van der Waals surface area contributed by atoms with Crippen LogP contribution in [0.15, 0.2) is 60.2 Å². The summed E-state index contributed by atoms with van der Waals surface area (Å²) < 4.78 is 40.0. The summed E-state index contributed by atoms with van der Waals surface area (Å²) in [7, 11) is 0. The zero-order valence-electron chi connectivity index (χ0n) is 18.2. The van der Waals surface area contributed by atoms with Crippen LogP contribution >= 0.6 is 11.6 Å². The first-order chi connectivity index (χ1) is 15.8. The van der Waals surface area contributed by atoms with Crippen LogP contribution in [-0.2, 0) is 16.1 Å². The van der Waals surface area contributed by atoms with Gasteiger partial charge in [0.1, 0.15) is 12.8 Å². The van der Waals surface area contributed by atoms with Crippen molar-refractivity contribution in [1.82, 2.24) is 5.32 Å². The number of allylic oxidation sites excluding steroid dienone is 1. The minimum Gasteiger partial charge on any atom is -0.486 e. The highest BCUT2D eigenvalue weighted by Gasteiger charge is 2.27. The SMILES string of the molecule is CCOC(=O)CC1=CC(F)C(NC(=O)c2c(Cl)ccc(OCc3cccc(C)c3)c2F)C=C1. The van der Waals surface area contributed by atoms with E-state index in [0.29, 0.717) is 5.57 Å². The molecule has 0 radical (unpaired) electrons. The second-order valence-corrected chi connectivity index (χ2v) is 7.95. The molecule has 1 aliphatic carbocycles. The van der Waals surface area contributed by atoms with Gasteiger partial charge >= 0.3 is 5.97 Å². The normalized spacial score (nSPS) is 17.3. The highest BCUT2D eigenvalue weighted by atomic mass is 35.5. The Morgan fingerprint density at radius 1 is 1.21 bits per heavy atom. The van der Waals surface area contributed by atoms with E-state index in [1.54, 1.807) is 6.92 Å². The fraction of sp³-hybridized carbons (Fsp3) is 0.280. The van der Waals surface area contributed by atoms with Gasteiger partial charge < -0.3 is 14.8 Å². The summed E-state index contributed by atoms with van der Waals surface area (Å²) in [4.78, 5) is 24.3. The van der Waals surface area contributed by atoms with Crippen LogP contribution in [0.4, 0.5) is 8.78 Å². The monoisotopic (exact) mass is 475 g/mol. The second-order valence-electron chi connectivity index (χ2n) is 7.54. The second kappa shape index (κ2) is 11.1. The number of esters is 1. The van der Waals surface area contributed by atoms with Crippen molar-refractivity contribution in [2.45, 2.75) is 39.1 Å². The number of amides is 1. The lowest BCUT2D eigenvalue weighted by Gasteiger charge is -2.22. The van der Waals surface area contributed by atoms with Crippen molar-refractivity contribution in [3.8, 4) is 5.75 Å². The predicted molar refractivity (Wildman–Crippen MR) is 122 cm³/mol. The number of hydrogen-bond acceptors (Lipinski definition) is 4. The molecular weight excluding hydrogens is 452 g/mol. The van der Waals surface area contributed by atoms with Gasteiger partial charge in [0.2, 0.25) is 0 Å². The first-order valence-corrected chi connectivity index (χ1v) is 10.8. The standard InChI is InChI=1S/C25H24ClF2NO4/c1-3-32-22(30)13-16-7-9-20(19(27)12-16)29-25(31)23-18(26)8-10-21(24(23)28)33-14-17-6-4-5-15(2)11-17/h4-12,19-20H,3,13-14H2,1-2H3,(H,29,31). The minimum absolute atomic E-state index is 0.0772. The number of nitrogens with one attached hydrogen (secondary N) is 1. The van der Waals surface area contributed by atoms with Gasteiger partial charge in [0.15, 0.2) is 11.6 Å². The number of ether oxygens (including phenoxy) is 2. The van der Waals surface area contributed by atoms with E-state index in [-0.39, 0.29) is 30.4 Å². The van der Waals surface area contributed by atoms with Crippen molar-refractivity contribution in [2.24, 2.45) is 0 Å². The van der Waals surface area contributed by atoms with Crippen LogP contribution in [0.2, 0.25) is 5.02 Å². The van der Waals surface area contributed by atoms with Gasteiger partial charge in [-0.15, -0.1) is 0 Å². The molecular formula is C25H24ClF2NO4. The molecule has 2 aromatic carbocycles. The zero-order chi connectivity index (χ0) is 24.0. The number of aryl methyl sites for hydroxylation is 1. The molecule has 3 rings (SSSR count). The first-order valence-electron chi connectivity index (χ1n) is 10.4. The minimum atomic E-state index is -1.61. The topological polar surface area (TPSA) is 64.6 Å². The lowest BCUT2D eigenvalue weighted by atomic mass is 9.99. The molecule has 2 aromatic rings. The van der Waals surface area contributed by atoms with E-state index < -0.39 is 35.5 Å². The molecule has 1 amide bonds. The molecule has 0 bridgehead atoms. The van der Waals surface area contributed by atoms with E-state index in [9.17, 15) is 14.0 Å². The highest BCUT2D eigenvalue weighted by molar-refractivity contribution is 6.34. The van der Waals surface area contributed by atoms with Crippen LogP contribution in [0.1, 0.15) is 34.8 Å². The summed E-state index contributed by atoms with van der Waals surface area (Å²) in [5.41, 5.74) is 1.88. The van der Waals surface area contributed by atoms with E-state index >= 15 is 4.39 Å². The maximum atomic E-state index is 15.0. The predicted octanol–water partition coefficient (Wildman–Crippen LogP) is 5.25.